The summed E-state index contributed by atoms with van der Waals surface area (Å²) in [6.45, 7) is 3.65. The lowest BCUT2D eigenvalue weighted by Crippen LogP contribution is -2.51. The monoisotopic (exact) mass is 230 g/mol. The van der Waals surface area contributed by atoms with Crippen LogP contribution in [-0.2, 0) is 0 Å². The molecule has 2 saturated heterocycles. The Balaban J connectivity index is 1.88. The third kappa shape index (κ3) is 1.29. The van der Waals surface area contributed by atoms with Gasteiger partial charge >= 0.3 is 0 Å². The van der Waals surface area contributed by atoms with E-state index in [1.807, 2.05) is 0 Å². The maximum absolute atomic E-state index is 6.47. The summed E-state index contributed by atoms with van der Waals surface area (Å²) in [6, 6.07) is 1.53. The van der Waals surface area contributed by atoms with Crippen LogP contribution in [0.2, 0.25) is 0 Å². The van der Waals surface area contributed by atoms with Crippen molar-refractivity contribution in [3.8, 4) is 0 Å². The van der Waals surface area contributed by atoms with Crippen molar-refractivity contribution < 1.29 is 0 Å². The molecule has 0 aromatic rings. The molecule has 2 nitrogen and oxygen atoms in total. The first kappa shape index (κ1) is 9.64. The van der Waals surface area contributed by atoms with Crippen molar-refractivity contribution in [1.82, 2.24) is 9.55 Å². The molecule has 2 heterocycles. The van der Waals surface area contributed by atoms with Gasteiger partial charge < -0.3 is 4.98 Å². The minimum atomic E-state index is -1.25. The Hall–Kier alpha value is 0.427. The summed E-state index contributed by atoms with van der Waals surface area (Å²) in [6.07, 6.45) is 5.67. The normalized spacial score (nSPS) is 53.1. The van der Waals surface area contributed by atoms with Gasteiger partial charge in [0.2, 0.25) is 0 Å². The molecule has 3 aliphatic rings. The second kappa shape index (κ2) is 3.48. The van der Waals surface area contributed by atoms with E-state index in [1.165, 1.54) is 32.2 Å². The second-order valence-electron chi connectivity index (χ2n) is 5.21. The SMILES string of the molecule is CC1CCC2CCCN3C2C1N[SiH]3Cl. The molecule has 4 heteroatoms. The molecule has 5 atom stereocenters. The van der Waals surface area contributed by atoms with E-state index < -0.39 is 8.43 Å². The van der Waals surface area contributed by atoms with Crippen LogP contribution < -0.4 is 4.98 Å². The van der Waals surface area contributed by atoms with Crippen LogP contribution in [0.5, 0.6) is 0 Å². The van der Waals surface area contributed by atoms with E-state index in [1.54, 1.807) is 0 Å². The summed E-state index contributed by atoms with van der Waals surface area (Å²) in [5, 5.41) is 0. The zero-order valence-corrected chi connectivity index (χ0v) is 10.7. The largest absolute Gasteiger partial charge is 0.311 e. The van der Waals surface area contributed by atoms with Gasteiger partial charge in [-0.2, -0.15) is 0 Å². The van der Waals surface area contributed by atoms with Crippen LogP contribution >= 0.6 is 11.1 Å². The fourth-order valence-electron chi connectivity index (χ4n) is 3.72. The van der Waals surface area contributed by atoms with E-state index in [-0.39, 0.29) is 0 Å². The lowest BCUT2D eigenvalue weighted by Gasteiger charge is -2.44. The highest BCUT2D eigenvalue weighted by atomic mass is 35.6. The molecule has 3 rings (SSSR count). The van der Waals surface area contributed by atoms with E-state index in [0.29, 0.717) is 0 Å². The van der Waals surface area contributed by atoms with Crippen LogP contribution in [0.1, 0.15) is 32.6 Å². The molecule has 80 valence electrons. The van der Waals surface area contributed by atoms with E-state index in [4.69, 9.17) is 11.1 Å². The van der Waals surface area contributed by atoms with Gasteiger partial charge in [0.25, 0.3) is 8.43 Å². The summed E-state index contributed by atoms with van der Waals surface area (Å²) < 4.78 is 2.63. The average Bonchev–Trinajstić information content (AvgIpc) is 2.53. The minimum Gasteiger partial charge on any atom is -0.311 e. The third-order valence-corrected chi connectivity index (χ3v) is 7.43. The molecule has 5 unspecified atom stereocenters. The first-order valence-electron chi connectivity index (χ1n) is 5.93. The van der Waals surface area contributed by atoms with Gasteiger partial charge in [0.15, 0.2) is 0 Å². The van der Waals surface area contributed by atoms with Crippen molar-refractivity contribution in [2.24, 2.45) is 11.8 Å². The maximum Gasteiger partial charge on any atom is 0.289 e. The highest BCUT2D eigenvalue weighted by molar-refractivity contribution is 7.04. The molecule has 2 aliphatic heterocycles. The Labute approximate surface area is 92.5 Å². The molecule has 1 saturated carbocycles. The quantitative estimate of drug-likeness (QED) is 0.500. The molecular formula is C10H19ClN2Si. The number of piperidine rings is 1. The van der Waals surface area contributed by atoms with Crippen molar-refractivity contribution in [1.29, 1.82) is 0 Å². The van der Waals surface area contributed by atoms with Crippen molar-refractivity contribution in [2.45, 2.75) is 44.7 Å². The van der Waals surface area contributed by atoms with Crippen LogP contribution in [-0.4, -0.2) is 31.6 Å². The van der Waals surface area contributed by atoms with Gasteiger partial charge in [-0.05, 0) is 44.1 Å². The lowest BCUT2D eigenvalue weighted by molar-refractivity contribution is 0.0987. The van der Waals surface area contributed by atoms with Gasteiger partial charge in [-0.1, -0.05) is 6.92 Å². The molecule has 0 radical (unpaired) electrons. The fraction of sp³-hybridized carbons (Fsp3) is 1.00. The van der Waals surface area contributed by atoms with Gasteiger partial charge in [0.05, 0.1) is 0 Å². The highest BCUT2D eigenvalue weighted by Gasteiger charge is 2.50. The zero-order chi connectivity index (χ0) is 9.71. The molecule has 0 amide bonds. The summed E-state index contributed by atoms with van der Waals surface area (Å²) in [5.74, 6) is 1.79. The Morgan fingerprint density at radius 1 is 1.36 bits per heavy atom. The molecule has 0 spiro atoms. The smallest absolute Gasteiger partial charge is 0.289 e. The summed E-state index contributed by atoms with van der Waals surface area (Å²) in [7, 11) is -1.25. The van der Waals surface area contributed by atoms with E-state index in [0.717, 1.165) is 23.9 Å². The van der Waals surface area contributed by atoms with E-state index in [9.17, 15) is 0 Å². The number of nitrogens with zero attached hydrogens (tertiary/aromatic N) is 1. The van der Waals surface area contributed by atoms with Gasteiger partial charge in [0.1, 0.15) is 0 Å². The van der Waals surface area contributed by atoms with E-state index in [2.05, 4.69) is 16.5 Å². The summed E-state index contributed by atoms with van der Waals surface area (Å²) in [5.41, 5.74) is 0. The molecule has 0 aromatic carbocycles. The van der Waals surface area contributed by atoms with Gasteiger partial charge in [-0.15, -0.1) is 11.1 Å². The zero-order valence-electron chi connectivity index (χ0n) is 8.75. The molecule has 0 aromatic heterocycles. The Bertz CT molecular complexity index is 238. The topological polar surface area (TPSA) is 15.3 Å². The Kier molecular flexibility index (Phi) is 2.39. The molecular weight excluding hydrogens is 212 g/mol. The lowest BCUT2D eigenvalue weighted by atomic mass is 9.72. The fourth-order valence-corrected chi connectivity index (χ4v) is 7.01. The van der Waals surface area contributed by atoms with Gasteiger partial charge in [-0.25, -0.2) is 0 Å². The average molecular weight is 231 g/mol. The maximum atomic E-state index is 6.47. The summed E-state index contributed by atoms with van der Waals surface area (Å²) >= 11 is 6.47. The summed E-state index contributed by atoms with van der Waals surface area (Å²) in [4.78, 5) is 3.71. The van der Waals surface area contributed by atoms with Crippen molar-refractivity contribution in [3.05, 3.63) is 0 Å². The number of hydrogen-bond donors (Lipinski definition) is 1. The van der Waals surface area contributed by atoms with Gasteiger partial charge in [0, 0.05) is 12.1 Å². The second-order valence-corrected chi connectivity index (χ2v) is 8.12. The van der Waals surface area contributed by atoms with Crippen LogP contribution in [0.3, 0.4) is 0 Å². The third-order valence-electron chi connectivity index (χ3n) is 4.45. The van der Waals surface area contributed by atoms with E-state index >= 15 is 0 Å². The van der Waals surface area contributed by atoms with Crippen LogP contribution in [0.25, 0.3) is 0 Å². The minimum absolute atomic E-state index is 0.725. The van der Waals surface area contributed by atoms with Crippen LogP contribution in [0.4, 0.5) is 0 Å². The highest BCUT2D eigenvalue weighted by Crippen LogP contribution is 2.41. The molecule has 0 bridgehead atoms. The number of hydrogen-bond acceptors (Lipinski definition) is 2. The first-order chi connectivity index (χ1) is 6.77. The first-order valence-corrected chi connectivity index (χ1v) is 8.77. The molecule has 1 N–H and O–H groups in total. The van der Waals surface area contributed by atoms with Crippen molar-refractivity contribution in [3.63, 3.8) is 0 Å². The molecule has 3 fully saturated rings. The standard InChI is InChI=1S/C10H19ClN2Si/c1-7-4-5-8-3-2-6-13-10(8)9(7)12-14(13)11/h7-10,12,14H,2-6H2,1H3. The molecule has 14 heavy (non-hydrogen) atoms. The van der Waals surface area contributed by atoms with Crippen molar-refractivity contribution in [2.75, 3.05) is 6.54 Å². The van der Waals surface area contributed by atoms with Crippen molar-refractivity contribution >= 4 is 19.5 Å². The van der Waals surface area contributed by atoms with Gasteiger partial charge in [-0.3, -0.25) is 4.57 Å². The van der Waals surface area contributed by atoms with Crippen LogP contribution in [0.15, 0.2) is 0 Å². The molecule has 1 aliphatic carbocycles. The number of halogens is 1. The predicted octanol–water partition coefficient (Wildman–Crippen LogP) is 1.42. The Morgan fingerprint density at radius 2 is 2.21 bits per heavy atom. The number of rotatable bonds is 0. The van der Waals surface area contributed by atoms with Crippen LogP contribution in [0, 0.1) is 11.8 Å². The number of nitrogens with one attached hydrogen (secondary N) is 1. The predicted molar refractivity (Wildman–Crippen MR) is 61.5 cm³/mol. The Morgan fingerprint density at radius 3 is 3.07 bits per heavy atom.